The van der Waals surface area contributed by atoms with E-state index in [2.05, 4.69) is 48.3 Å². The molecule has 2 heterocycles. The van der Waals surface area contributed by atoms with E-state index in [0.717, 1.165) is 41.1 Å². The van der Waals surface area contributed by atoms with Crippen molar-refractivity contribution in [2.45, 2.75) is 44.9 Å². The van der Waals surface area contributed by atoms with Gasteiger partial charge in [-0.15, -0.1) is 0 Å². The van der Waals surface area contributed by atoms with E-state index in [9.17, 15) is 0 Å². The molecule has 5 heteroatoms. The molecule has 100 valence electrons. The first kappa shape index (κ1) is 14.5. The summed E-state index contributed by atoms with van der Waals surface area (Å²) >= 11 is 8.49. The van der Waals surface area contributed by atoms with Crippen molar-refractivity contribution >= 4 is 34.2 Å². The second-order valence-electron chi connectivity index (χ2n) is 5.67. The lowest BCUT2D eigenvalue weighted by Crippen LogP contribution is -2.22. The first-order valence-electron chi connectivity index (χ1n) is 6.20. The molecule has 1 saturated heterocycles. The number of rotatable bonds is 1. The maximum atomic E-state index is 6.25. The zero-order valence-electron chi connectivity index (χ0n) is 11.0. The van der Waals surface area contributed by atoms with Gasteiger partial charge in [-0.1, -0.05) is 32.4 Å². The molecule has 18 heavy (non-hydrogen) atoms. The fourth-order valence-electron chi connectivity index (χ4n) is 2.07. The van der Waals surface area contributed by atoms with Gasteiger partial charge in [0.2, 0.25) is 0 Å². The Hall–Kier alpha value is 0.0600. The van der Waals surface area contributed by atoms with Gasteiger partial charge in [0.05, 0.1) is 9.26 Å². The fourth-order valence-corrected chi connectivity index (χ4v) is 3.30. The van der Waals surface area contributed by atoms with Crippen molar-refractivity contribution in [3.05, 3.63) is 20.2 Å². The van der Waals surface area contributed by atoms with Gasteiger partial charge >= 0.3 is 0 Å². The maximum Gasteiger partial charge on any atom is 0.146 e. The van der Waals surface area contributed by atoms with Gasteiger partial charge in [0, 0.05) is 24.5 Å². The molecule has 2 rings (SSSR count). The van der Waals surface area contributed by atoms with E-state index in [-0.39, 0.29) is 5.41 Å². The predicted octanol–water partition coefficient (Wildman–Crippen LogP) is 3.93. The molecule has 1 fully saturated rings. The van der Waals surface area contributed by atoms with Crippen LogP contribution >= 0.6 is 34.2 Å². The molecule has 1 aromatic rings. The van der Waals surface area contributed by atoms with Crippen LogP contribution in [-0.2, 0) is 10.2 Å². The highest BCUT2D eigenvalue weighted by Gasteiger charge is 2.26. The maximum absolute atomic E-state index is 6.25. The normalized spacial score (nSPS) is 18.1. The largest absolute Gasteiger partial charge is 0.381 e. The van der Waals surface area contributed by atoms with Crippen molar-refractivity contribution in [1.29, 1.82) is 0 Å². The van der Waals surface area contributed by atoms with Crippen molar-refractivity contribution in [3.8, 4) is 0 Å². The molecule has 1 aromatic heterocycles. The Bertz CT molecular complexity index is 439. The Kier molecular flexibility index (Phi) is 4.49. The van der Waals surface area contributed by atoms with Gasteiger partial charge in [0.25, 0.3) is 0 Å². The molecule has 1 aliphatic rings. The Balaban J connectivity index is 2.40. The van der Waals surface area contributed by atoms with Gasteiger partial charge in [0.1, 0.15) is 11.0 Å². The third kappa shape index (κ3) is 3.14. The highest BCUT2D eigenvalue weighted by Crippen LogP contribution is 2.32. The van der Waals surface area contributed by atoms with Crippen molar-refractivity contribution in [2.24, 2.45) is 0 Å². The van der Waals surface area contributed by atoms with Crippen molar-refractivity contribution in [2.75, 3.05) is 13.2 Å². The summed E-state index contributed by atoms with van der Waals surface area (Å²) in [6, 6.07) is 0. The number of aromatic nitrogens is 2. The monoisotopic (exact) mass is 380 g/mol. The van der Waals surface area contributed by atoms with Crippen LogP contribution in [0.2, 0.25) is 5.15 Å². The fraction of sp³-hybridized carbons (Fsp3) is 0.692. The molecule has 3 nitrogen and oxygen atoms in total. The van der Waals surface area contributed by atoms with Gasteiger partial charge in [-0.05, 0) is 35.4 Å². The number of hydrogen-bond donors (Lipinski definition) is 0. The number of halogens is 2. The minimum Gasteiger partial charge on any atom is -0.381 e. The van der Waals surface area contributed by atoms with Gasteiger partial charge < -0.3 is 4.74 Å². The van der Waals surface area contributed by atoms with Crippen LogP contribution in [0.4, 0.5) is 0 Å². The van der Waals surface area contributed by atoms with Crippen LogP contribution in [0.5, 0.6) is 0 Å². The lowest BCUT2D eigenvalue weighted by molar-refractivity contribution is 0.0835. The van der Waals surface area contributed by atoms with Crippen LogP contribution in [0.1, 0.15) is 51.0 Å². The Morgan fingerprint density at radius 1 is 1.22 bits per heavy atom. The zero-order chi connectivity index (χ0) is 13.3. The molecule has 1 aliphatic heterocycles. The third-order valence-electron chi connectivity index (χ3n) is 3.12. The molecule has 0 atom stereocenters. The van der Waals surface area contributed by atoms with Crippen molar-refractivity contribution < 1.29 is 4.74 Å². The van der Waals surface area contributed by atoms with Gasteiger partial charge in [-0.25, -0.2) is 9.97 Å². The predicted molar refractivity (Wildman–Crippen MR) is 81.3 cm³/mol. The highest BCUT2D eigenvalue weighted by atomic mass is 127. The Morgan fingerprint density at radius 3 is 2.39 bits per heavy atom. The summed E-state index contributed by atoms with van der Waals surface area (Å²) in [4.78, 5) is 9.23. The second-order valence-corrected chi connectivity index (χ2v) is 7.11. The molecular weight excluding hydrogens is 363 g/mol. The average Bonchev–Trinajstić information content (AvgIpc) is 2.32. The van der Waals surface area contributed by atoms with Gasteiger partial charge in [-0.3, -0.25) is 0 Å². The van der Waals surface area contributed by atoms with E-state index in [4.69, 9.17) is 21.3 Å². The summed E-state index contributed by atoms with van der Waals surface area (Å²) < 4.78 is 6.35. The van der Waals surface area contributed by atoms with Gasteiger partial charge in [-0.2, -0.15) is 0 Å². The van der Waals surface area contributed by atoms with E-state index in [0.29, 0.717) is 11.1 Å². The first-order valence-corrected chi connectivity index (χ1v) is 7.66. The van der Waals surface area contributed by atoms with Crippen LogP contribution in [0.15, 0.2) is 0 Å². The summed E-state index contributed by atoms with van der Waals surface area (Å²) in [5.41, 5.74) is 1.04. The summed E-state index contributed by atoms with van der Waals surface area (Å²) in [5, 5.41) is 0.581. The van der Waals surface area contributed by atoms with Crippen LogP contribution < -0.4 is 0 Å². The van der Waals surface area contributed by atoms with Crippen LogP contribution in [0.3, 0.4) is 0 Å². The van der Waals surface area contributed by atoms with Crippen LogP contribution in [-0.4, -0.2) is 23.2 Å². The first-order chi connectivity index (χ1) is 8.39. The molecule has 0 aromatic carbocycles. The topological polar surface area (TPSA) is 35.0 Å². The zero-order valence-corrected chi connectivity index (χ0v) is 13.9. The molecular formula is C13H18ClIN2O. The van der Waals surface area contributed by atoms with Crippen LogP contribution in [0, 0.1) is 3.57 Å². The Morgan fingerprint density at radius 2 is 1.83 bits per heavy atom. The minimum absolute atomic E-state index is 0.0109. The number of ether oxygens (including phenoxy) is 1. The summed E-state index contributed by atoms with van der Waals surface area (Å²) in [6.07, 6.45) is 1.97. The van der Waals surface area contributed by atoms with E-state index in [1.165, 1.54) is 0 Å². The lowest BCUT2D eigenvalue weighted by Gasteiger charge is -2.25. The SMILES string of the molecule is CC(C)(C)c1nc(C2CCOCC2)nc(Cl)c1I. The van der Waals surface area contributed by atoms with Crippen LogP contribution in [0.25, 0.3) is 0 Å². The Labute approximate surface area is 127 Å². The molecule has 0 bridgehead atoms. The van der Waals surface area contributed by atoms with E-state index in [1.54, 1.807) is 0 Å². The average molecular weight is 381 g/mol. The second kappa shape index (κ2) is 5.59. The minimum atomic E-state index is -0.0109. The van der Waals surface area contributed by atoms with Crippen molar-refractivity contribution in [3.63, 3.8) is 0 Å². The van der Waals surface area contributed by atoms with E-state index >= 15 is 0 Å². The molecule has 0 spiro atoms. The van der Waals surface area contributed by atoms with E-state index in [1.807, 2.05) is 0 Å². The molecule has 0 radical (unpaired) electrons. The summed E-state index contributed by atoms with van der Waals surface area (Å²) in [5.74, 6) is 1.27. The standard InChI is InChI=1S/C13H18ClIN2O/c1-13(2,3)10-9(15)11(14)17-12(16-10)8-4-6-18-7-5-8/h8H,4-7H2,1-3H3. The summed E-state index contributed by atoms with van der Waals surface area (Å²) in [6.45, 7) is 8.05. The highest BCUT2D eigenvalue weighted by molar-refractivity contribution is 14.1. The number of hydrogen-bond acceptors (Lipinski definition) is 3. The lowest BCUT2D eigenvalue weighted by atomic mass is 9.91. The third-order valence-corrected chi connectivity index (χ3v) is 4.74. The quantitative estimate of drug-likeness (QED) is 0.547. The molecule has 0 aliphatic carbocycles. The van der Waals surface area contributed by atoms with Gasteiger partial charge in [0.15, 0.2) is 0 Å². The smallest absolute Gasteiger partial charge is 0.146 e. The van der Waals surface area contributed by atoms with E-state index < -0.39 is 0 Å². The van der Waals surface area contributed by atoms with Crippen molar-refractivity contribution in [1.82, 2.24) is 9.97 Å². The summed E-state index contributed by atoms with van der Waals surface area (Å²) in [7, 11) is 0. The molecule has 0 amide bonds. The molecule has 0 unspecified atom stereocenters. The molecule has 0 N–H and O–H groups in total. The molecule has 0 saturated carbocycles. The number of nitrogens with zero attached hydrogens (tertiary/aromatic N) is 2.